The minimum atomic E-state index is 0. The van der Waals surface area contributed by atoms with Crippen LogP contribution in [0.25, 0.3) is 0 Å². The van der Waals surface area contributed by atoms with Crippen molar-refractivity contribution < 1.29 is 9.59 Å². The molecule has 0 radical (unpaired) electrons. The number of carbonyl (C=O) groups excluding carboxylic acids is 2. The monoisotopic (exact) mass is 329 g/mol. The van der Waals surface area contributed by atoms with Gasteiger partial charge >= 0.3 is 0 Å². The van der Waals surface area contributed by atoms with Gasteiger partial charge in [0.15, 0.2) is 0 Å². The first-order valence-corrected chi connectivity index (χ1v) is 8.46. The molecule has 22 heavy (non-hydrogen) atoms. The van der Waals surface area contributed by atoms with Crippen LogP contribution in [0.1, 0.15) is 44.9 Å². The molecular weight excluding hydrogens is 302 g/mol. The van der Waals surface area contributed by atoms with E-state index in [9.17, 15) is 9.59 Å². The molecule has 0 aromatic carbocycles. The van der Waals surface area contributed by atoms with E-state index < -0.39 is 0 Å². The average Bonchev–Trinajstić information content (AvgIpc) is 2.98. The van der Waals surface area contributed by atoms with Crippen molar-refractivity contribution in [1.29, 1.82) is 0 Å². The van der Waals surface area contributed by atoms with E-state index in [1.54, 1.807) is 0 Å². The lowest BCUT2D eigenvalue weighted by Gasteiger charge is -2.43. The second kappa shape index (κ2) is 7.64. The molecule has 1 heterocycles. The van der Waals surface area contributed by atoms with Crippen LogP contribution >= 0.6 is 12.4 Å². The number of hydrogen-bond donors (Lipinski definition) is 2. The Kier molecular flexibility index (Phi) is 6.09. The van der Waals surface area contributed by atoms with Crippen LogP contribution in [0.15, 0.2) is 0 Å². The van der Waals surface area contributed by atoms with Crippen LogP contribution in [0.5, 0.6) is 0 Å². The summed E-state index contributed by atoms with van der Waals surface area (Å²) in [6.07, 6.45) is 7.56. The maximum Gasteiger partial charge on any atom is 0.241 e. The van der Waals surface area contributed by atoms with E-state index >= 15 is 0 Å². The molecule has 2 saturated carbocycles. The van der Waals surface area contributed by atoms with E-state index in [1.165, 1.54) is 6.42 Å². The van der Waals surface area contributed by atoms with Gasteiger partial charge in [-0.2, -0.15) is 0 Å². The number of hydrogen-bond acceptors (Lipinski definition) is 3. The Morgan fingerprint density at radius 1 is 1.05 bits per heavy atom. The summed E-state index contributed by atoms with van der Waals surface area (Å²) in [7, 11) is 0. The predicted octanol–water partition coefficient (Wildman–Crippen LogP) is 1.30. The third-order valence-electron chi connectivity index (χ3n) is 5.66. The number of nitrogens with zero attached hydrogens (tertiary/aromatic N) is 1. The van der Waals surface area contributed by atoms with Crippen molar-refractivity contribution in [3.05, 3.63) is 0 Å². The Balaban J connectivity index is 0.00000176. The van der Waals surface area contributed by atoms with Crippen LogP contribution in [0, 0.1) is 17.8 Å². The van der Waals surface area contributed by atoms with Crippen LogP contribution in [-0.4, -0.2) is 42.4 Å². The molecule has 3 aliphatic rings. The molecule has 2 aliphatic carbocycles. The molecule has 2 atom stereocenters. The Hall–Kier alpha value is -0.810. The molecular formula is C16H28ClN3O2. The fourth-order valence-electron chi connectivity index (χ4n) is 4.39. The van der Waals surface area contributed by atoms with Crippen molar-refractivity contribution in [2.45, 2.75) is 51.0 Å². The van der Waals surface area contributed by atoms with Crippen LogP contribution in [0.2, 0.25) is 0 Å². The molecule has 5 nitrogen and oxygen atoms in total. The zero-order valence-corrected chi connectivity index (χ0v) is 13.9. The van der Waals surface area contributed by atoms with Crippen molar-refractivity contribution in [3.63, 3.8) is 0 Å². The SMILES string of the molecule is Cl.NC1C2CCCC1CC(C(=O)NCC(=O)N1CCCC1)C2. The molecule has 2 amide bonds. The molecule has 1 aliphatic heterocycles. The zero-order chi connectivity index (χ0) is 14.8. The highest BCUT2D eigenvalue weighted by Gasteiger charge is 2.40. The van der Waals surface area contributed by atoms with Gasteiger partial charge in [-0.25, -0.2) is 0 Å². The van der Waals surface area contributed by atoms with E-state index in [1.807, 2.05) is 4.90 Å². The van der Waals surface area contributed by atoms with E-state index in [4.69, 9.17) is 5.73 Å². The second-order valence-electron chi connectivity index (χ2n) is 7.00. The first kappa shape index (κ1) is 17.5. The van der Waals surface area contributed by atoms with Gasteiger partial charge in [0.05, 0.1) is 6.54 Å². The maximum atomic E-state index is 12.3. The molecule has 2 bridgehead atoms. The highest BCUT2D eigenvalue weighted by molar-refractivity contribution is 5.86. The average molecular weight is 330 g/mol. The number of likely N-dealkylation sites (tertiary alicyclic amines) is 1. The van der Waals surface area contributed by atoms with E-state index in [0.29, 0.717) is 11.8 Å². The lowest BCUT2D eigenvalue weighted by atomic mass is 9.65. The fraction of sp³-hybridized carbons (Fsp3) is 0.875. The normalized spacial score (nSPS) is 34.0. The smallest absolute Gasteiger partial charge is 0.241 e. The van der Waals surface area contributed by atoms with Gasteiger partial charge in [0.25, 0.3) is 0 Å². The number of nitrogens with one attached hydrogen (secondary N) is 1. The van der Waals surface area contributed by atoms with Crippen molar-refractivity contribution >= 4 is 24.2 Å². The van der Waals surface area contributed by atoms with E-state index in [2.05, 4.69) is 5.32 Å². The molecule has 0 aromatic rings. The number of carbonyl (C=O) groups is 2. The number of halogens is 1. The van der Waals surface area contributed by atoms with Gasteiger partial charge in [0.1, 0.15) is 0 Å². The summed E-state index contributed by atoms with van der Waals surface area (Å²) in [5.74, 6) is 1.19. The molecule has 6 heteroatoms. The van der Waals surface area contributed by atoms with Gasteiger partial charge in [-0.1, -0.05) is 6.42 Å². The lowest BCUT2D eigenvalue weighted by Crippen LogP contribution is -2.50. The number of amides is 2. The van der Waals surface area contributed by atoms with Crippen molar-refractivity contribution in [1.82, 2.24) is 10.2 Å². The summed E-state index contributed by atoms with van der Waals surface area (Å²) >= 11 is 0. The number of fused-ring (bicyclic) bond motifs is 2. The highest BCUT2D eigenvalue weighted by atomic mass is 35.5. The van der Waals surface area contributed by atoms with Crippen LogP contribution in [0.3, 0.4) is 0 Å². The summed E-state index contributed by atoms with van der Waals surface area (Å²) in [5, 5.41) is 2.86. The lowest BCUT2D eigenvalue weighted by molar-refractivity contribution is -0.134. The second-order valence-corrected chi connectivity index (χ2v) is 7.00. The van der Waals surface area contributed by atoms with Crippen molar-refractivity contribution in [3.8, 4) is 0 Å². The molecule has 0 aromatic heterocycles. The zero-order valence-electron chi connectivity index (χ0n) is 13.1. The fourth-order valence-corrected chi connectivity index (χ4v) is 4.39. The van der Waals surface area contributed by atoms with Gasteiger partial charge in [-0.15, -0.1) is 12.4 Å². The van der Waals surface area contributed by atoms with Crippen molar-refractivity contribution in [2.75, 3.05) is 19.6 Å². The Morgan fingerprint density at radius 2 is 1.64 bits per heavy atom. The van der Waals surface area contributed by atoms with Gasteiger partial charge in [-0.3, -0.25) is 9.59 Å². The minimum Gasteiger partial charge on any atom is -0.347 e. The molecule has 2 unspecified atom stereocenters. The van der Waals surface area contributed by atoms with Crippen LogP contribution in [0.4, 0.5) is 0 Å². The predicted molar refractivity (Wildman–Crippen MR) is 87.6 cm³/mol. The van der Waals surface area contributed by atoms with E-state index in [-0.39, 0.29) is 42.7 Å². The molecule has 0 spiro atoms. The largest absolute Gasteiger partial charge is 0.347 e. The minimum absolute atomic E-state index is 0. The quantitative estimate of drug-likeness (QED) is 0.819. The third-order valence-corrected chi connectivity index (χ3v) is 5.66. The first-order valence-electron chi connectivity index (χ1n) is 8.46. The van der Waals surface area contributed by atoms with Gasteiger partial charge in [-0.05, 0) is 50.4 Å². The maximum absolute atomic E-state index is 12.3. The Morgan fingerprint density at radius 3 is 2.23 bits per heavy atom. The molecule has 1 saturated heterocycles. The number of nitrogens with two attached hydrogens (primary N) is 1. The summed E-state index contributed by atoms with van der Waals surface area (Å²) in [6.45, 7) is 1.85. The van der Waals surface area contributed by atoms with Gasteiger partial charge in [0.2, 0.25) is 11.8 Å². The van der Waals surface area contributed by atoms with E-state index in [0.717, 1.165) is 51.6 Å². The van der Waals surface area contributed by atoms with Crippen molar-refractivity contribution in [2.24, 2.45) is 23.5 Å². The number of rotatable bonds is 3. The summed E-state index contributed by atoms with van der Waals surface area (Å²) in [5.41, 5.74) is 6.26. The molecule has 3 fully saturated rings. The Bertz CT molecular complexity index is 398. The molecule has 126 valence electrons. The van der Waals surface area contributed by atoms with Gasteiger partial charge < -0.3 is 16.0 Å². The summed E-state index contributed by atoms with van der Waals surface area (Å²) in [6, 6.07) is 0.286. The van der Waals surface area contributed by atoms with Gasteiger partial charge in [0, 0.05) is 25.0 Å². The first-order chi connectivity index (χ1) is 10.1. The topological polar surface area (TPSA) is 75.4 Å². The Labute approximate surface area is 138 Å². The van der Waals surface area contributed by atoms with Crippen LogP contribution < -0.4 is 11.1 Å². The summed E-state index contributed by atoms with van der Waals surface area (Å²) < 4.78 is 0. The van der Waals surface area contributed by atoms with Crippen LogP contribution in [-0.2, 0) is 9.59 Å². The highest BCUT2D eigenvalue weighted by Crippen LogP contribution is 2.41. The summed E-state index contributed by atoms with van der Waals surface area (Å²) in [4.78, 5) is 26.2. The molecule has 3 N–H and O–H groups in total. The third kappa shape index (κ3) is 3.74. The standard InChI is InChI=1S/C16H27N3O2.ClH/c17-15-11-4-3-5-12(15)9-13(8-11)16(21)18-10-14(20)19-6-1-2-7-19;/h11-13,15H,1-10,17H2,(H,18,21);1H. The molecule has 3 rings (SSSR count).